The second kappa shape index (κ2) is 8.10. The van der Waals surface area contributed by atoms with Crippen LogP contribution in [-0.4, -0.2) is 24.2 Å². The minimum absolute atomic E-state index is 0.0236. The molecule has 1 aliphatic heterocycles. The van der Waals surface area contributed by atoms with Crippen LogP contribution in [-0.2, 0) is 14.3 Å². The molecular formula is C21H21N3O5. The molecule has 0 amide bonds. The number of fused-ring (bicyclic) bond motifs is 1. The number of nitrogens with one attached hydrogen (secondary N) is 1. The Hall–Kier alpha value is -3.73. The highest BCUT2D eigenvalue weighted by Gasteiger charge is 2.37. The second-order valence-corrected chi connectivity index (χ2v) is 6.35. The summed E-state index contributed by atoms with van der Waals surface area (Å²) in [5.41, 5.74) is 6.29. The number of aromatic nitrogens is 1. The van der Waals surface area contributed by atoms with Crippen molar-refractivity contribution in [3.63, 3.8) is 0 Å². The Morgan fingerprint density at radius 3 is 2.72 bits per heavy atom. The summed E-state index contributed by atoms with van der Waals surface area (Å²) in [7, 11) is 0. The maximum Gasteiger partial charge on any atom is 0.338 e. The van der Waals surface area contributed by atoms with Gasteiger partial charge in [0.15, 0.2) is 0 Å². The Balaban J connectivity index is 2.25. The third-order valence-electron chi connectivity index (χ3n) is 4.57. The van der Waals surface area contributed by atoms with Gasteiger partial charge in [-0.05, 0) is 45.0 Å². The van der Waals surface area contributed by atoms with Crippen LogP contribution >= 0.6 is 0 Å². The predicted octanol–water partition coefficient (Wildman–Crippen LogP) is 2.57. The second-order valence-electron chi connectivity index (χ2n) is 6.35. The molecule has 1 aromatic carbocycles. The highest BCUT2D eigenvalue weighted by molar-refractivity contribution is 5.93. The van der Waals surface area contributed by atoms with Gasteiger partial charge in [0.05, 0.1) is 24.7 Å². The normalized spacial score (nSPS) is 16.4. The van der Waals surface area contributed by atoms with Gasteiger partial charge < -0.3 is 24.9 Å². The van der Waals surface area contributed by atoms with Gasteiger partial charge in [0, 0.05) is 16.5 Å². The number of nitriles is 1. The van der Waals surface area contributed by atoms with Crippen molar-refractivity contribution in [2.75, 3.05) is 13.2 Å². The average Bonchev–Trinajstić information content (AvgIpc) is 2.67. The number of carbonyl (C=O) groups is 1. The van der Waals surface area contributed by atoms with Gasteiger partial charge in [-0.2, -0.15) is 5.26 Å². The lowest BCUT2D eigenvalue weighted by molar-refractivity contribution is -0.139. The molecule has 0 unspecified atom stereocenters. The van der Waals surface area contributed by atoms with E-state index < -0.39 is 17.4 Å². The third-order valence-corrected chi connectivity index (χ3v) is 4.57. The van der Waals surface area contributed by atoms with E-state index in [0.29, 0.717) is 23.3 Å². The quantitative estimate of drug-likeness (QED) is 0.745. The first-order chi connectivity index (χ1) is 13.9. The number of rotatable bonds is 5. The van der Waals surface area contributed by atoms with Gasteiger partial charge in [0.25, 0.3) is 5.56 Å². The fraction of sp³-hybridized carbons (Fsp3) is 0.286. The highest BCUT2D eigenvalue weighted by atomic mass is 16.5. The molecule has 8 heteroatoms. The van der Waals surface area contributed by atoms with Crippen LogP contribution in [0.25, 0.3) is 10.9 Å². The SMILES string of the molecule is CCOC(=O)C1=C(C)OC(N)=C(C#N)[C@H]1c1cc2cc(OCC)ccc2[nH]c1=O. The summed E-state index contributed by atoms with van der Waals surface area (Å²) >= 11 is 0. The zero-order valence-corrected chi connectivity index (χ0v) is 16.4. The molecule has 1 aromatic heterocycles. The van der Waals surface area contributed by atoms with Gasteiger partial charge in [-0.1, -0.05) is 0 Å². The number of ether oxygens (including phenoxy) is 3. The van der Waals surface area contributed by atoms with Crippen LogP contribution in [0.1, 0.15) is 32.3 Å². The molecule has 3 N–H and O–H groups in total. The summed E-state index contributed by atoms with van der Waals surface area (Å²) in [6.45, 7) is 5.71. The van der Waals surface area contributed by atoms with Crippen LogP contribution in [0.5, 0.6) is 5.75 Å². The molecule has 0 saturated carbocycles. The van der Waals surface area contributed by atoms with Crippen LogP contribution in [0, 0.1) is 11.3 Å². The molecule has 0 saturated heterocycles. The number of esters is 1. The first-order valence-electron chi connectivity index (χ1n) is 9.16. The Morgan fingerprint density at radius 2 is 2.07 bits per heavy atom. The molecular weight excluding hydrogens is 374 g/mol. The molecule has 2 heterocycles. The molecule has 0 spiro atoms. The number of H-pyrrole nitrogens is 1. The minimum Gasteiger partial charge on any atom is -0.494 e. The molecule has 0 aliphatic carbocycles. The topological polar surface area (TPSA) is 127 Å². The molecule has 150 valence electrons. The van der Waals surface area contributed by atoms with Crippen LogP contribution in [0.2, 0.25) is 0 Å². The van der Waals surface area contributed by atoms with Crippen LogP contribution in [0.4, 0.5) is 0 Å². The fourth-order valence-corrected chi connectivity index (χ4v) is 3.34. The Kier molecular flexibility index (Phi) is 5.59. The van der Waals surface area contributed by atoms with E-state index in [0.717, 1.165) is 0 Å². The average molecular weight is 395 g/mol. The zero-order valence-electron chi connectivity index (χ0n) is 16.4. The zero-order chi connectivity index (χ0) is 21.1. The maximum atomic E-state index is 12.9. The summed E-state index contributed by atoms with van der Waals surface area (Å²) in [5.74, 6) is -0.995. The number of nitrogens with zero attached hydrogens (tertiary/aromatic N) is 1. The lowest BCUT2D eigenvalue weighted by atomic mass is 9.83. The van der Waals surface area contributed by atoms with E-state index in [1.807, 2.05) is 13.0 Å². The molecule has 2 aromatic rings. The molecule has 3 rings (SSSR count). The Morgan fingerprint density at radius 1 is 1.31 bits per heavy atom. The van der Waals surface area contributed by atoms with Gasteiger partial charge in [-0.3, -0.25) is 4.79 Å². The van der Waals surface area contributed by atoms with E-state index >= 15 is 0 Å². The number of hydrogen-bond acceptors (Lipinski definition) is 7. The van der Waals surface area contributed by atoms with Crippen LogP contribution in [0.3, 0.4) is 0 Å². The van der Waals surface area contributed by atoms with E-state index in [9.17, 15) is 14.9 Å². The standard InChI is InChI=1S/C21H21N3O5/c1-4-27-13-6-7-16-12(8-13)9-14(20(25)24-16)18-15(10-22)19(23)29-11(3)17(18)21(26)28-5-2/h6-9,18H,4-5,23H2,1-3H3,(H,24,25)/t18-/m1/s1. The summed E-state index contributed by atoms with van der Waals surface area (Å²) in [6, 6.07) is 8.86. The van der Waals surface area contributed by atoms with Gasteiger partial charge in [-0.25, -0.2) is 4.79 Å². The van der Waals surface area contributed by atoms with E-state index in [4.69, 9.17) is 19.9 Å². The monoisotopic (exact) mass is 395 g/mol. The molecule has 0 radical (unpaired) electrons. The number of benzene rings is 1. The third kappa shape index (κ3) is 3.67. The van der Waals surface area contributed by atoms with Crippen molar-refractivity contribution in [1.29, 1.82) is 5.26 Å². The Bertz CT molecular complexity index is 1140. The van der Waals surface area contributed by atoms with E-state index in [-0.39, 0.29) is 35.0 Å². The van der Waals surface area contributed by atoms with Crippen molar-refractivity contribution < 1.29 is 19.0 Å². The molecule has 1 aliphatic rings. The van der Waals surface area contributed by atoms with E-state index in [1.165, 1.54) is 0 Å². The molecule has 1 atom stereocenters. The molecule has 29 heavy (non-hydrogen) atoms. The summed E-state index contributed by atoms with van der Waals surface area (Å²) in [5, 5.41) is 10.3. The number of pyridine rings is 1. The lowest BCUT2D eigenvalue weighted by Gasteiger charge is -2.26. The number of aromatic amines is 1. The maximum absolute atomic E-state index is 12.9. The smallest absolute Gasteiger partial charge is 0.338 e. The van der Waals surface area contributed by atoms with Crippen molar-refractivity contribution in [2.45, 2.75) is 26.7 Å². The van der Waals surface area contributed by atoms with E-state index in [2.05, 4.69) is 4.98 Å². The van der Waals surface area contributed by atoms with Gasteiger partial charge in [0.2, 0.25) is 5.88 Å². The number of hydrogen-bond donors (Lipinski definition) is 2. The van der Waals surface area contributed by atoms with Crippen LogP contribution < -0.4 is 16.0 Å². The predicted molar refractivity (Wildman–Crippen MR) is 106 cm³/mol. The van der Waals surface area contributed by atoms with Crippen molar-refractivity contribution in [3.05, 3.63) is 63.0 Å². The summed E-state index contributed by atoms with van der Waals surface area (Å²) in [6.07, 6.45) is 0. The summed E-state index contributed by atoms with van der Waals surface area (Å²) in [4.78, 5) is 28.3. The first kappa shape index (κ1) is 20.0. The molecule has 0 fully saturated rings. The van der Waals surface area contributed by atoms with Crippen molar-refractivity contribution >= 4 is 16.9 Å². The first-order valence-corrected chi connectivity index (χ1v) is 9.16. The Labute approximate surface area is 167 Å². The number of nitrogens with two attached hydrogens (primary N) is 1. The van der Waals surface area contributed by atoms with Gasteiger partial charge >= 0.3 is 5.97 Å². The lowest BCUT2D eigenvalue weighted by Crippen LogP contribution is -2.29. The van der Waals surface area contributed by atoms with Crippen LogP contribution in [0.15, 0.2) is 51.8 Å². The van der Waals surface area contributed by atoms with Crippen molar-refractivity contribution in [1.82, 2.24) is 4.98 Å². The molecule has 8 nitrogen and oxygen atoms in total. The van der Waals surface area contributed by atoms with Gasteiger partial charge in [0.1, 0.15) is 23.2 Å². The molecule has 0 bridgehead atoms. The number of allylic oxidation sites excluding steroid dienone is 2. The van der Waals surface area contributed by atoms with Crippen molar-refractivity contribution in [3.8, 4) is 11.8 Å². The largest absolute Gasteiger partial charge is 0.494 e. The van der Waals surface area contributed by atoms with E-state index in [1.54, 1.807) is 38.1 Å². The van der Waals surface area contributed by atoms with Gasteiger partial charge in [-0.15, -0.1) is 0 Å². The fourth-order valence-electron chi connectivity index (χ4n) is 3.34. The number of carbonyl (C=O) groups excluding carboxylic acids is 1. The summed E-state index contributed by atoms with van der Waals surface area (Å²) < 4.78 is 16.0. The minimum atomic E-state index is -1.00. The van der Waals surface area contributed by atoms with Crippen molar-refractivity contribution in [2.24, 2.45) is 5.73 Å². The highest BCUT2D eigenvalue weighted by Crippen LogP contribution is 2.39.